The third-order valence-electron chi connectivity index (χ3n) is 6.50. The number of carbonyl (C=O) groups is 1. The van der Waals surface area contributed by atoms with Crippen LogP contribution in [-0.2, 0) is 17.6 Å². The first kappa shape index (κ1) is 20.3. The molecule has 0 aromatic heterocycles. The normalized spacial score (nSPS) is 21.0. The Kier molecular flexibility index (Phi) is 6.58. The number of piperidine rings is 1. The van der Waals surface area contributed by atoms with Crippen molar-refractivity contribution in [1.82, 2.24) is 4.90 Å². The zero-order chi connectivity index (χ0) is 19.4. The SMILES string of the molecule is N[C@@](CCCCB(O)O)(C(=O)O)C1CCN(C2Cc3ccccc3C2)CC1. The van der Waals surface area contributed by atoms with Crippen molar-refractivity contribution in [3.63, 3.8) is 0 Å². The minimum Gasteiger partial charge on any atom is -0.480 e. The lowest BCUT2D eigenvalue weighted by Crippen LogP contribution is -2.57. The zero-order valence-electron chi connectivity index (χ0n) is 15.9. The number of fused-ring (bicyclic) bond motifs is 1. The molecule has 0 radical (unpaired) electrons. The lowest BCUT2D eigenvalue weighted by atomic mass is 9.74. The van der Waals surface area contributed by atoms with Gasteiger partial charge < -0.3 is 20.9 Å². The van der Waals surface area contributed by atoms with Gasteiger partial charge >= 0.3 is 13.1 Å². The molecule has 3 rings (SSSR count). The van der Waals surface area contributed by atoms with E-state index in [-0.39, 0.29) is 12.2 Å². The molecule has 1 saturated heterocycles. The van der Waals surface area contributed by atoms with Crippen LogP contribution in [0.5, 0.6) is 0 Å². The van der Waals surface area contributed by atoms with Crippen LogP contribution in [0.1, 0.15) is 43.2 Å². The standard InChI is InChI=1S/C20H31BN2O4/c22-20(19(24)25,9-3-4-10-21(26)27)17-7-11-23(12-8-17)18-13-15-5-1-2-6-16(15)14-18/h1-2,5-6,17-18,26-27H,3-4,7-14,22H2,(H,24,25)/t20-/m1/s1. The molecule has 148 valence electrons. The number of carboxylic acids is 1. The van der Waals surface area contributed by atoms with Crippen LogP contribution in [0.2, 0.25) is 6.32 Å². The van der Waals surface area contributed by atoms with Gasteiger partial charge in [0, 0.05) is 6.04 Å². The van der Waals surface area contributed by atoms with Gasteiger partial charge in [-0.25, -0.2) is 0 Å². The van der Waals surface area contributed by atoms with Crippen molar-refractivity contribution < 1.29 is 19.9 Å². The highest BCUT2D eigenvalue weighted by Gasteiger charge is 2.43. The second kappa shape index (κ2) is 8.73. The maximum Gasteiger partial charge on any atom is 0.451 e. The van der Waals surface area contributed by atoms with Crippen molar-refractivity contribution in [3.05, 3.63) is 35.4 Å². The van der Waals surface area contributed by atoms with Crippen LogP contribution in [-0.4, -0.2) is 57.8 Å². The second-order valence-corrected chi connectivity index (χ2v) is 8.21. The molecule has 0 saturated carbocycles. The summed E-state index contributed by atoms with van der Waals surface area (Å²) in [5, 5.41) is 27.6. The molecule has 1 aromatic carbocycles. The highest BCUT2D eigenvalue weighted by Crippen LogP contribution is 2.34. The van der Waals surface area contributed by atoms with Crippen molar-refractivity contribution >= 4 is 13.1 Å². The smallest absolute Gasteiger partial charge is 0.451 e. The topological polar surface area (TPSA) is 107 Å². The van der Waals surface area contributed by atoms with E-state index in [0.717, 1.165) is 38.8 Å². The summed E-state index contributed by atoms with van der Waals surface area (Å²) in [5.74, 6) is -0.965. The summed E-state index contributed by atoms with van der Waals surface area (Å²) in [6.45, 7) is 1.79. The lowest BCUT2D eigenvalue weighted by molar-refractivity contribution is -0.147. The first-order chi connectivity index (χ1) is 12.9. The van der Waals surface area contributed by atoms with Gasteiger partial charge in [-0.05, 0) is 68.6 Å². The van der Waals surface area contributed by atoms with Gasteiger partial charge in [-0.3, -0.25) is 9.69 Å². The number of aliphatic carboxylic acids is 1. The molecule has 7 heteroatoms. The average Bonchev–Trinajstić information content (AvgIpc) is 3.09. The Morgan fingerprint density at radius 2 is 1.74 bits per heavy atom. The molecule has 1 aliphatic heterocycles. The fourth-order valence-electron chi connectivity index (χ4n) is 4.80. The summed E-state index contributed by atoms with van der Waals surface area (Å²) < 4.78 is 0. The van der Waals surface area contributed by atoms with E-state index < -0.39 is 18.6 Å². The summed E-state index contributed by atoms with van der Waals surface area (Å²) in [6.07, 6.45) is 5.58. The predicted molar refractivity (Wildman–Crippen MR) is 105 cm³/mol. The highest BCUT2D eigenvalue weighted by atomic mass is 16.4. The van der Waals surface area contributed by atoms with E-state index in [2.05, 4.69) is 29.2 Å². The Hall–Kier alpha value is -1.41. The number of hydrogen-bond donors (Lipinski definition) is 4. The molecule has 5 N–H and O–H groups in total. The summed E-state index contributed by atoms with van der Waals surface area (Å²) in [4.78, 5) is 14.4. The van der Waals surface area contributed by atoms with Crippen molar-refractivity contribution in [1.29, 1.82) is 0 Å². The molecule has 0 amide bonds. The second-order valence-electron chi connectivity index (χ2n) is 8.21. The number of likely N-dealkylation sites (tertiary alicyclic amines) is 1. The van der Waals surface area contributed by atoms with Crippen LogP contribution in [0.4, 0.5) is 0 Å². The monoisotopic (exact) mass is 374 g/mol. The number of hydrogen-bond acceptors (Lipinski definition) is 5. The molecule has 27 heavy (non-hydrogen) atoms. The summed E-state index contributed by atoms with van der Waals surface area (Å²) in [5.41, 5.74) is 8.02. The Balaban J connectivity index is 1.53. The number of nitrogens with two attached hydrogens (primary N) is 1. The maximum atomic E-state index is 11.9. The van der Waals surface area contributed by atoms with Gasteiger partial charge in [0.05, 0.1) is 0 Å². The first-order valence-electron chi connectivity index (χ1n) is 10.1. The van der Waals surface area contributed by atoms with E-state index in [9.17, 15) is 9.90 Å². The predicted octanol–water partition coefficient (Wildman–Crippen LogP) is 1.29. The Labute approximate surface area is 161 Å². The molecule has 1 atom stereocenters. The number of carboxylic acid groups (broad SMARTS) is 1. The molecule has 1 fully saturated rings. The molecule has 2 aliphatic rings. The van der Waals surface area contributed by atoms with Crippen molar-refractivity contribution in [2.24, 2.45) is 11.7 Å². The van der Waals surface area contributed by atoms with Crippen LogP contribution in [0.3, 0.4) is 0 Å². The van der Waals surface area contributed by atoms with Gasteiger partial charge in [-0.15, -0.1) is 0 Å². The molecule has 1 aromatic rings. The van der Waals surface area contributed by atoms with Crippen molar-refractivity contribution in [2.45, 2.75) is 62.8 Å². The Morgan fingerprint density at radius 3 is 2.26 bits per heavy atom. The highest BCUT2D eigenvalue weighted by molar-refractivity contribution is 6.40. The number of benzene rings is 1. The summed E-state index contributed by atoms with van der Waals surface area (Å²) >= 11 is 0. The first-order valence-corrected chi connectivity index (χ1v) is 10.1. The van der Waals surface area contributed by atoms with Gasteiger partial charge in [-0.1, -0.05) is 37.1 Å². The van der Waals surface area contributed by atoms with E-state index in [4.69, 9.17) is 15.8 Å². The van der Waals surface area contributed by atoms with Crippen LogP contribution < -0.4 is 5.73 Å². The molecular weight excluding hydrogens is 343 g/mol. The summed E-state index contributed by atoms with van der Waals surface area (Å²) in [7, 11) is -1.33. The molecule has 1 heterocycles. The molecule has 0 spiro atoms. The number of unbranched alkanes of at least 4 members (excludes halogenated alkanes) is 1. The fraction of sp³-hybridized carbons (Fsp3) is 0.650. The molecule has 1 aliphatic carbocycles. The molecular formula is C20H31BN2O4. The van der Waals surface area contributed by atoms with Gasteiger partial charge in [0.2, 0.25) is 0 Å². The average molecular weight is 374 g/mol. The van der Waals surface area contributed by atoms with E-state index in [0.29, 0.717) is 25.3 Å². The van der Waals surface area contributed by atoms with Crippen LogP contribution in [0.25, 0.3) is 0 Å². The van der Waals surface area contributed by atoms with E-state index in [1.54, 1.807) is 0 Å². The molecule has 0 bridgehead atoms. The largest absolute Gasteiger partial charge is 0.480 e. The van der Waals surface area contributed by atoms with Crippen molar-refractivity contribution in [2.75, 3.05) is 13.1 Å². The number of nitrogens with zero attached hydrogens (tertiary/aromatic N) is 1. The zero-order valence-corrected chi connectivity index (χ0v) is 15.9. The maximum absolute atomic E-state index is 11.9. The third kappa shape index (κ3) is 4.72. The summed E-state index contributed by atoms with van der Waals surface area (Å²) in [6, 6.07) is 9.13. The van der Waals surface area contributed by atoms with Gasteiger partial charge in [-0.2, -0.15) is 0 Å². The van der Waals surface area contributed by atoms with E-state index in [1.165, 1.54) is 11.1 Å². The quantitative estimate of drug-likeness (QED) is 0.404. The van der Waals surface area contributed by atoms with Crippen LogP contribution in [0, 0.1) is 5.92 Å². The third-order valence-corrected chi connectivity index (χ3v) is 6.50. The van der Waals surface area contributed by atoms with Crippen LogP contribution in [0.15, 0.2) is 24.3 Å². The van der Waals surface area contributed by atoms with Gasteiger partial charge in [0.1, 0.15) is 5.54 Å². The van der Waals surface area contributed by atoms with E-state index >= 15 is 0 Å². The van der Waals surface area contributed by atoms with Gasteiger partial charge in [0.25, 0.3) is 0 Å². The Bertz CT molecular complexity index is 624. The van der Waals surface area contributed by atoms with Crippen LogP contribution >= 0.6 is 0 Å². The molecule has 6 nitrogen and oxygen atoms in total. The Morgan fingerprint density at radius 1 is 1.15 bits per heavy atom. The minimum absolute atomic E-state index is 0.0333. The molecule has 0 unspecified atom stereocenters. The minimum atomic E-state index is -1.33. The fourth-order valence-corrected chi connectivity index (χ4v) is 4.80. The van der Waals surface area contributed by atoms with E-state index in [1.807, 2.05) is 0 Å². The lowest BCUT2D eigenvalue weighted by Gasteiger charge is -2.42. The number of rotatable bonds is 8. The van der Waals surface area contributed by atoms with Crippen molar-refractivity contribution in [3.8, 4) is 0 Å². The van der Waals surface area contributed by atoms with Gasteiger partial charge in [0.15, 0.2) is 0 Å².